The van der Waals surface area contributed by atoms with Gasteiger partial charge in [-0.3, -0.25) is 4.90 Å². The summed E-state index contributed by atoms with van der Waals surface area (Å²) in [5, 5.41) is 9.72. The van der Waals surface area contributed by atoms with Crippen molar-refractivity contribution < 1.29 is 9.84 Å². The third kappa shape index (κ3) is 3.47. The minimum Gasteiger partial charge on any atom is -0.497 e. The zero-order valence-electron chi connectivity index (χ0n) is 11.3. The number of methoxy groups -OCH3 is 1. The zero-order chi connectivity index (χ0) is 13.0. The Morgan fingerprint density at radius 1 is 1.28 bits per heavy atom. The van der Waals surface area contributed by atoms with Crippen molar-refractivity contribution in [2.24, 2.45) is 0 Å². The molecule has 0 bridgehead atoms. The van der Waals surface area contributed by atoms with Gasteiger partial charge in [0.05, 0.1) is 13.2 Å². The molecule has 0 heterocycles. The largest absolute Gasteiger partial charge is 0.497 e. The van der Waals surface area contributed by atoms with E-state index >= 15 is 0 Å². The molecule has 1 fully saturated rings. The lowest BCUT2D eigenvalue weighted by Gasteiger charge is -2.33. The lowest BCUT2D eigenvalue weighted by molar-refractivity contribution is 0.0701. The number of aliphatic hydroxyl groups is 1. The average molecular weight is 249 g/mol. The summed E-state index contributed by atoms with van der Waals surface area (Å²) in [5.74, 6) is 0.898. The smallest absolute Gasteiger partial charge is 0.118 e. The van der Waals surface area contributed by atoms with Gasteiger partial charge in [-0.25, -0.2) is 0 Å². The predicted molar refractivity (Wildman–Crippen MR) is 72.7 cm³/mol. The minimum atomic E-state index is -0.109. The molecule has 1 aromatic carbocycles. The van der Waals surface area contributed by atoms with Gasteiger partial charge in [-0.15, -0.1) is 0 Å². The summed E-state index contributed by atoms with van der Waals surface area (Å²) >= 11 is 0. The molecular formula is C15H23NO2. The molecular weight excluding hydrogens is 226 g/mol. The van der Waals surface area contributed by atoms with Gasteiger partial charge in [0.1, 0.15) is 5.75 Å². The van der Waals surface area contributed by atoms with E-state index in [0.717, 1.165) is 31.6 Å². The fraction of sp³-hybridized carbons (Fsp3) is 0.600. The van der Waals surface area contributed by atoms with Crippen molar-refractivity contribution in [2.75, 3.05) is 14.2 Å². The second-order valence-corrected chi connectivity index (χ2v) is 5.24. The van der Waals surface area contributed by atoms with Crippen LogP contribution in [0, 0.1) is 0 Å². The number of hydrogen-bond acceptors (Lipinski definition) is 3. The highest BCUT2D eigenvalue weighted by Gasteiger charge is 2.23. The molecule has 3 nitrogen and oxygen atoms in total. The summed E-state index contributed by atoms with van der Waals surface area (Å²) in [7, 11) is 3.83. The standard InChI is InChI=1S/C15H23NO2/c1-16(13-4-3-5-14(17)10-13)11-12-6-8-15(18-2)9-7-12/h6-9,13-14,17H,3-5,10-11H2,1-2H3. The fourth-order valence-electron chi connectivity index (χ4n) is 2.69. The van der Waals surface area contributed by atoms with E-state index in [0.29, 0.717) is 6.04 Å². The molecule has 2 atom stereocenters. The Hall–Kier alpha value is -1.06. The Bertz CT molecular complexity index is 363. The van der Waals surface area contributed by atoms with Gasteiger partial charge in [0, 0.05) is 12.6 Å². The second-order valence-electron chi connectivity index (χ2n) is 5.24. The molecule has 0 radical (unpaired) electrons. The maximum absolute atomic E-state index is 9.72. The molecule has 0 aromatic heterocycles. The van der Waals surface area contributed by atoms with E-state index in [1.165, 1.54) is 12.0 Å². The van der Waals surface area contributed by atoms with Crippen molar-refractivity contribution in [3.05, 3.63) is 29.8 Å². The van der Waals surface area contributed by atoms with Crippen LogP contribution in [0.3, 0.4) is 0 Å². The van der Waals surface area contributed by atoms with Crippen LogP contribution in [0.15, 0.2) is 24.3 Å². The third-order valence-electron chi connectivity index (χ3n) is 3.83. The summed E-state index contributed by atoms with van der Waals surface area (Å²) in [6.07, 6.45) is 4.10. The van der Waals surface area contributed by atoms with Crippen molar-refractivity contribution in [2.45, 2.75) is 44.4 Å². The van der Waals surface area contributed by atoms with Crippen LogP contribution in [-0.4, -0.2) is 36.3 Å². The van der Waals surface area contributed by atoms with E-state index in [4.69, 9.17) is 4.74 Å². The van der Waals surface area contributed by atoms with E-state index < -0.39 is 0 Å². The number of nitrogens with zero attached hydrogens (tertiary/aromatic N) is 1. The van der Waals surface area contributed by atoms with Crippen molar-refractivity contribution in [1.82, 2.24) is 4.90 Å². The van der Waals surface area contributed by atoms with Crippen LogP contribution in [0.2, 0.25) is 0 Å². The normalized spacial score (nSPS) is 24.2. The Morgan fingerprint density at radius 2 is 2.00 bits per heavy atom. The topological polar surface area (TPSA) is 32.7 Å². The van der Waals surface area contributed by atoms with E-state index in [1.54, 1.807) is 7.11 Å². The molecule has 18 heavy (non-hydrogen) atoms. The van der Waals surface area contributed by atoms with E-state index in [9.17, 15) is 5.11 Å². The highest BCUT2D eigenvalue weighted by Crippen LogP contribution is 2.23. The first-order valence-corrected chi connectivity index (χ1v) is 6.70. The molecule has 1 aromatic rings. The SMILES string of the molecule is COc1ccc(CN(C)C2CCCC(O)C2)cc1. The number of hydrogen-bond donors (Lipinski definition) is 1. The maximum atomic E-state index is 9.72. The van der Waals surface area contributed by atoms with Crippen LogP contribution in [0.4, 0.5) is 0 Å². The monoisotopic (exact) mass is 249 g/mol. The van der Waals surface area contributed by atoms with Gasteiger partial charge in [0.15, 0.2) is 0 Å². The van der Waals surface area contributed by atoms with Gasteiger partial charge in [-0.2, -0.15) is 0 Å². The summed E-state index contributed by atoms with van der Waals surface area (Å²) in [4.78, 5) is 2.35. The minimum absolute atomic E-state index is 0.109. The molecule has 2 unspecified atom stereocenters. The predicted octanol–water partition coefficient (Wildman–Crippen LogP) is 2.43. The lowest BCUT2D eigenvalue weighted by Crippen LogP contribution is -2.37. The molecule has 1 aliphatic carbocycles. The zero-order valence-corrected chi connectivity index (χ0v) is 11.3. The number of aliphatic hydroxyl groups excluding tert-OH is 1. The number of rotatable bonds is 4. The van der Waals surface area contributed by atoms with Gasteiger partial charge in [0.25, 0.3) is 0 Å². The summed E-state index contributed by atoms with van der Waals surface area (Å²) in [5.41, 5.74) is 1.29. The number of ether oxygens (including phenoxy) is 1. The first-order valence-electron chi connectivity index (χ1n) is 6.70. The van der Waals surface area contributed by atoms with Gasteiger partial charge >= 0.3 is 0 Å². The Labute approximate surface area is 109 Å². The van der Waals surface area contributed by atoms with Crippen molar-refractivity contribution in [3.8, 4) is 5.75 Å². The van der Waals surface area contributed by atoms with Crippen LogP contribution in [0.25, 0.3) is 0 Å². The first kappa shape index (κ1) is 13.4. The highest BCUT2D eigenvalue weighted by atomic mass is 16.5. The summed E-state index contributed by atoms with van der Waals surface area (Å²) in [6, 6.07) is 8.72. The Balaban J connectivity index is 1.91. The average Bonchev–Trinajstić information content (AvgIpc) is 2.39. The molecule has 0 saturated heterocycles. The van der Waals surface area contributed by atoms with Crippen LogP contribution < -0.4 is 4.74 Å². The summed E-state index contributed by atoms with van der Waals surface area (Å²) < 4.78 is 5.16. The molecule has 100 valence electrons. The first-order chi connectivity index (χ1) is 8.69. The van der Waals surface area contributed by atoms with Crippen molar-refractivity contribution in [3.63, 3.8) is 0 Å². The second kappa shape index (κ2) is 6.21. The summed E-state index contributed by atoms with van der Waals surface area (Å²) in [6.45, 7) is 0.932. The van der Waals surface area contributed by atoms with Crippen LogP contribution in [0.5, 0.6) is 5.75 Å². The maximum Gasteiger partial charge on any atom is 0.118 e. The number of benzene rings is 1. The lowest BCUT2D eigenvalue weighted by atomic mass is 9.92. The Kier molecular flexibility index (Phi) is 4.61. The van der Waals surface area contributed by atoms with Gasteiger partial charge in [-0.05, 0) is 50.4 Å². The van der Waals surface area contributed by atoms with Crippen molar-refractivity contribution >= 4 is 0 Å². The molecule has 0 aliphatic heterocycles. The molecule has 1 saturated carbocycles. The molecule has 3 heteroatoms. The fourth-order valence-corrected chi connectivity index (χ4v) is 2.69. The van der Waals surface area contributed by atoms with Gasteiger partial charge < -0.3 is 9.84 Å². The van der Waals surface area contributed by atoms with Gasteiger partial charge in [-0.1, -0.05) is 12.1 Å². The van der Waals surface area contributed by atoms with E-state index in [2.05, 4.69) is 24.1 Å². The van der Waals surface area contributed by atoms with Crippen LogP contribution >= 0.6 is 0 Å². The van der Waals surface area contributed by atoms with Crippen LogP contribution in [-0.2, 0) is 6.54 Å². The van der Waals surface area contributed by atoms with Crippen LogP contribution in [0.1, 0.15) is 31.2 Å². The van der Waals surface area contributed by atoms with Crippen molar-refractivity contribution in [1.29, 1.82) is 0 Å². The molecule has 1 aliphatic rings. The van der Waals surface area contributed by atoms with E-state index in [1.807, 2.05) is 12.1 Å². The third-order valence-corrected chi connectivity index (χ3v) is 3.83. The molecule has 0 amide bonds. The quantitative estimate of drug-likeness (QED) is 0.889. The molecule has 1 N–H and O–H groups in total. The highest BCUT2D eigenvalue weighted by molar-refractivity contribution is 5.27. The molecule has 0 spiro atoms. The van der Waals surface area contributed by atoms with Gasteiger partial charge in [0.2, 0.25) is 0 Å². The molecule has 2 rings (SSSR count). The Morgan fingerprint density at radius 3 is 2.61 bits per heavy atom. The van der Waals surface area contributed by atoms with E-state index in [-0.39, 0.29) is 6.10 Å².